The van der Waals surface area contributed by atoms with E-state index in [9.17, 15) is 13.2 Å². The Morgan fingerprint density at radius 2 is 2.07 bits per heavy atom. The summed E-state index contributed by atoms with van der Waals surface area (Å²) in [4.78, 5) is 12.9. The van der Waals surface area contributed by atoms with Gasteiger partial charge in [-0.15, -0.1) is 0 Å². The third kappa shape index (κ3) is 4.37. The Balaban J connectivity index is 1.61. The van der Waals surface area contributed by atoms with Crippen molar-refractivity contribution in [2.75, 3.05) is 19.6 Å². The van der Waals surface area contributed by atoms with Crippen LogP contribution in [0, 0.1) is 26.7 Å². The molecule has 3 rings (SSSR count). The number of hydrogen-bond donors (Lipinski definition) is 1. The molecule has 2 aromatic rings. The molecule has 2 atom stereocenters. The SMILES string of the molecule is Cc1nn(C(C)CNC(=O)C2CCCN(S(=O)(=O)c3cnn(C)c3)C2)c(C)c1C. The fourth-order valence-electron chi connectivity index (χ4n) is 3.71. The van der Waals surface area contributed by atoms with E-state index in [0.717, 1.165) is 17.0 Å². The van der Waals surface area contributed by atoms with Gasteiger partial charge in [-0.25, -0.2) is 8.42 Å². The molecule has 0 spiro atoms. The number of carbonyl (C=O) groups excluding carboxylic acids is 1. The minimum atomic E-state index is -3.63. The lowest BCUT2D eigenvalue weighted by Gasteiger charge is -2.31. The molecule has 10 heteroatoms. The molecule has 9 nitrogen and oxygen atoms in total. The molecule has 0 aliphatic carbocycles. The van der Waals surface area contributed by atoms with Gasteiger partial charge < -0.3 is 5.32 Å². The van der Waals surface area contributed by atoms with Crippen molar-refractivity contribution in [3.63, 3.8) is 0 Å². The van der Waals surface area contributed by atoms with Crippen molar-refractivity contribution < 1.29 is 13.2 Å². The Morgan fingerprint density at radius 3 is 2.66 bits per heavy atom. The Bertz CT molecular complexity index is 994. The maximum atomic E-state index is 12.8. The Hall–Kier alpha value is -2.20. The molecule has 29 heavy (non-hydrogen) atoms. The van der Waals surface area contributed by atoms with Crippen LogP contribution >= 0.6 is 0 Å². The minimum absolute atomic E-state index is 0.0187. The summed E-state index contributed by atoms with van der Waals surface area (Å²) in [5.41, 5.74) is 3.24. The first kappa shape index (κ1) is 21.5. The molecule has 160 valence electrons. The number of piperidine rings is 1. The summed E-state index contributed by atoms with van der Waals surface area (Å²) in [6.07, 6.45) is 4.16. The smallest absolute Gasteiger partial charge is 0.246 e. The van der Waals surface area contributed by atoms with Crippen molar-refractivity contribution in [1.29, 1.82) is 0 Å². The van der Waals surface area contributed by atoms with Gasteiger partial charge in [0.25, 0.3) is 0 Å². The van der Waals surface area contributed by atoms with Gasteiger partial charge in [0.1, 0.15) is 4.90 Å². The molecule has 1 aliphatic heterocycles. The Morgan fingerprint density at radius 1 is 1.34 bits per heavy atom. The second-order valence-corrected chi connectivity index (χ2v) is 9.82. The average molecular weight is 423 g/mol. The number of amides is 1. The first-order chi connectivity index (χ1) is 13.6. The van der Waals surface area contributed by atoms with Crippen molar-refractivity contribution in [2.24, 2.45) is 13.0 Å². The minimum Gasteiger partial charge on any atom is -0.354 e. The number of aromatic nitrogens is 4. The van der Waals surface area contributed by atoms with Crippen LogP contribution in [0.5, 0.6) is 0 Å². The van der Waals surface area contributed by atoms with Crippen molar-refractivity contribution in [3.05, 3.63) is 29.3 Å². The van der Waals surface area contributed by atoms with Gasteiger partial charge in [0.05, 0.1) is 23.9 Å². The lowest BCUT2D eigenvalue weighted by Crippen LogP contribution is -2.46. The third-order valence-electron chi connectivity index (χ3n) is 5.75. The number of carbonyl (C=O) groups is 1. The molecule has 0 aromatic carbocycles. The molecule has 0 saturated carbocycles. The zero-order chi connectivity index (χ0) is 21.3. The highest BCUT2D eigenvalue weighted by Crippen LogP contribution is 2.24. The van der Waals surface area contributed by atoms with Crippen molar-refractivity contribution in [2.45, 2.75) is 51.5 Å². The highest BCUT2D eigenvalue weighted by molar-refractivity contribution is 7.89. The molecule has 2 aromatic heterocycles. The van der Waals surface area contributed by atoms with Crippen LogP contribution in [-0.4, -0.2) is 57.8 Å². The molecule has 0 radical (unpaired) electrons. The summed E-state index contributed by atoms with van der Waals surface area (Å²) in [5.74, 6) is -0.467. The van der Waals surface area contributed by atoms with Crippen molar-refractivity contribution in [3.8, 4) is 0 Å². The molecule has 1 saturated heterocycles. The molecule has 1 N–H and O–H groups in total. The van der Waals surface area contributed by atoms with Gasteiger partial charge in [0.2, 0.25) is 15.9 Å². The van der Waals surface area contributed by atoms with Gasteiger partial charge in [-0.3, -0.25) is 14.2 Å². The number of sulfonamides is 1. The van der Waals surface area contributed by atoms with Gasteiger partial charge >= 0.3 is 0 Å². The highest BCUT2D eigenvalue weighted by atomic mass is 32.2. The predicted molar refractivity (Wildman–Crippen MR) is 109 cm³/mol. The van der Waals surface area contributed by atoms with Crippen LogP contribution in [0.3, 0.4) is 0 Å². The first-order valence-electron chi connectivity index (χ1n) is 9.90. The van der Waals surface area contributed by atoms with Gasteiger partial charge in [-0.2, -0.15) is 14.5 Å². The topological polar surface area (TPSA) is 102 Å². The van der Waals surface area contributed by atoms with E-state index < -0.39 is 10.0 Å². The van der Waals surface area contributed by atoms with Crippen LogP contribution in [0.25, 0.3) is 0 Å². The number of nitrogens with zero attached hydrogens (tertiary/aromatic N) is 5. The first-order valence-corrected chi connectivity index (χ1v) is 11.3. The standard InChI is InChI=1S/C19H30N6O3S/c1-13(25-16(4)14(2)15(3)22-25)9-20-19(26)17-7-6-8-24(11-17)29(27,28)18-10-21-23(5)12-18/h10,12-13,17H,6-9,11H2,1-5H3,(H,20,26). The molecule has 1 fully saturated rings. The monoisotopic (exact) mass is 422 g/mol. The molecule has 1 aliphatic rings. The summed E-state index contributed by atoms with van der Waals surface area (Å²) >= 11 is 0. The summed E-state index contributed by atoms with van der Waals surface area (Å²) in [6.45, 7) is 9.11. The van der Waals surface area contributed by atoms with Crippen LogP contribution in [0.1, 0.15) is 42.8 Å². The number of hydrogen-bond acceptors (Lipinski definition) is 5. The van der Waals surface area contributed by atoms with E-state index in [2.05, 4.69) is 15.5 Å². The number of aryl methyl sites for hydroxylation is 2. The van der Waals surface area contributed by atoms with Crippen LogP contribution < -0.4 is 5.32 Å². The van der Waals surface area contributed by atoms with E-state index in [0.29, 0.717) is 25.9 Å². The van der Waals surface area contributed by atoms with Crippen LogP contribution in [-0.2, 0) is 21.9 Å². The summed E-state index contributed by atoms with van der Waals surface area (Å²) in [7, 11) is -1.96. The second-order valence-electron chi connectivity index (χ2n) is 7.89. The van der Waals surface area contributed by atoms with Crippen LogP contribution in [0.2, 0.25) is 0 Å². The van der Waals surface area contributed by atoms with Crippen LogP contribution in [0.4, 0.5) is 0 Å². The molecular weight excluding hydrogens is 392 g/mol. The Kier molecular flexibility index (Phi) is 6.13. The molecular formula is C19H30N6O3S. The molecule has 1 amide bonds. The van der Waals surface area contributed by atoms with E-state index in [4.69, 9.17) is 0 Å². The molecule has 0 bridgehead atoms. The third-order valence-corrected chi connectivity index (χ3v) is 7.57. The van der Waals surface area contributed by atoms with E-state index in [1.807, 2.05) is 32.4 Å². The van der Waals surface area contributed by atoms with E-state index in [-0.39, 0.29) is 29.3 Å². The van der Waals surface area contributed by atoms with Gasteiger partial charge in [0, 0.05) is 38.6 Å². The highest BCUT2D eigenvalue weighted by Gasteiger charge is 2.34. The van der Waals surface area contributed by atoms with Crippen molar-refractivity contribution in [1.82, 2.24) is 29.2 Å². The van der Waals surface area contributed by atoms with E-state index in [1.54, 1.807) is 7.05 Å². The van der Waals surface area contributed by atoms with Crippen LogP contribution in [0.15, 0.2) is 17.3 Å². The lowest BCUT2D eigenvalue weighted by molar-refractivity contribution is -0.126. The summed E-state index contributed by atoms with van der Waals surface area (Å²) in [6, 6.07) is 0.0187. The zero-order valence-corrected chi connectivity index (χ0v) is 18.5. The summed E-state index contributed by atoms with van der Waals surface area (Å²) < 4.78 is 30.4. The largest absolute Gasteiger partial charge is 0.354 e. The molecule has 3 heterocycles. The van der Waals surface area contributed by atoms with E-state index in [1.165, 1.54) is 21.4 Å². The molecule has 2 unspecified atom stereocenters. The van der Waals surface area contributed by atoms with Gasteiger partial charge in [-0.05, 0) is 46.1 Å². The number of rotatable bonds is 6. The summed E-state index contributed by atoms with van der Waals surface area (Å²) in [5, 5.41) is 11.5. The fraction of sp³-hybridized carbons (Fsp3) is 0.632. The quantitative estimate of drug-likeness (QED) is 0.756. The number of nitrogens with one attached hydrogen (secondary N) is 1. The van der Waals surface area contributed by atoms with Gasteiger partial charge in [0.15, 0.2) is 0 Å². The second kappa shape index (κ2) is 8.27. The van der Waals surface area contributed by atoms with Gasteiger partial charge in [-0.1, -0.05) is 0 Å². The van der Waals surface area contributed by atoms with Crippen molar-refractivity contribution >= 4 is 15.9 Å². The lowest BCUT2D eigenvalue weighted by atomic mass is 9.99. The fourth-order valence-corrected chi connectivity index (χ4v) is 5.22. The zero-order valence-electron chi connectivity index (χ0n) is 17.7. The maximum Gasteiger partial charge on any atom is 0.246 e. The average Bonchev–Trinajstić information content (AvgIpc) is 3.25. The van der Waals surface area contributed by atoms with E-state index >= 15 is 0 Å². The predicted octanol–water partition coefficient (Wildman–Crippen LogP) is 1.32. The normalized spacial score (nSPS) is 19.3. The Labute approximate surface area is 172 Å². The maximum absolute atomic E-state index is 12.8.